The van der Waals surface area contributed by atoms with E-state index in [1.807, 2.05) is 0 Å². The Morgan fingerprint density at radius 2 is 2.16 bits per heavy atom. The highest BCUT2D eigenvalue weighted by Gasteiger charge is 2.42. The lowest BCUT2D eigenvalue weighted by Crippen LogP contribution is -2.45. The lowest BCUT2D eigenvalue weighted by Gasteiger charge is -2.29. The van der Waals surface area contributed by atoms with E-state index in [1.165, 1.54) is 25.7 Å². The maximum absolute atomic E-state index is 12.2. The quantitative estimate of drug-likeness (QED) is 0.809. The van der Waals surface area contributed by atoms with Gasteiger partial charge in [0.1, 0.15) is 6.10 Å². The average Bonchev–Trinajstić information content (AvgIpc) is 3.13. The van der Waals surface area contributed by atoms with Crippen molar-refractivity contribution in [2.75, 3.05) is 6.54 Å². The van der Waals surface area contributed by atoms with Gasteiger partial charge in [-0.15, -0.1) is 0 Å². The summed E-state index contributed by atoms with van der Waals surface area (Å²) < 4.78 is 5.66. The van der Waals surface area contributed by atoms with Crippen LogP contribution in [0.4, 0.5) is 0 Å². The summed E-state index contributed by atoms with van der Waals surface area (Å²) in [5, 5.41) is 3.19. The van der Waals surface area contributed by atoms with E-state index in [4.69, 9.17) is 10.5 Å². The van der Waals surface area contributed by atoms with Crippen LogP contribution in [0.15, 0.2) is 0 Å². The minimum atomic E-state index is -0.269. The first kappa shape index (κ1) is 13.4. The number of nitrogens with two attached hydrogens (primary N) is 1. The van der Waals surface area contributed by atoms with Crippen LogP contribution in [0.1, 0.15) is 45.4 Å². The maximum atomic E-state index is 12.2. The van der Waals surface area contributed by atoms with Crippen molar-refractivity contribution in [3.05, 3.63) is 0 Å². The summed E-state index contributed by atoms with van der Waals surface area (Å²) in [5.41, 5.74) is 5.58. The first-order valence-corrected chi connectivity index (χ1v) is 7.83. The summed E-state index contributed by atoms with van der Waals surface area (Å²) in [4.78, 5) is 12.2. The molecule has 0 aromatic heterocycles. The zero-order valence-corrected chi connectivity index (χ0v) is 11.8. The Hall–Kier alpha value is -0.610. The van der Waals surface area contributed by atoms with Gasteiger partial charge in [-0.2, -0.15) is 0 Å². The van der Waals surface area contributed by atoms with Crippen LogP contribution in [0.2, 0.25) is 0 Å². The van der Waals surface area contributed by atoms with Gasteiger partial charge in [-0.3, -0.25) is 4.79 Å². The molecule has 1 heterocycles. The van der Waals surface area contributed by atoms with Crippen LogP contribution in [-0.2, 0) is 9.53 Å². The Kier molecular flexibility index (Phi) is 3.81. The molecule has 3 N–H and O–H groups in total. The lowest BCUT2D eigenvalue weighted by atomic mass is 9.84. The molecule has 4 heteroatoms. The number of hydrogen-bond donors (Lipinski definition) is 2. The van der Waals surface area contributed by atoms with Gasteiger partial charge in [0.15, 0.2) is 0 Å². The van der Waals surface area contributed by atoms with Crippen LogP contribution >= 0.6 is 0 Å². The minimum Gasteiger partial charge on any atom is -0.364 e. The summed E-state index contributed by atoms with van der Waals surface area (Å²) >= 11 is 0. The van der Waals surface area contributed by atoms with Crippen LogP contribution in [0.25, 0.3) is 0 Å². The fraction of sp³-hybridized carbons (Fsp3) is 0.933. The normalized spacial score (nSPS) is 42.5. The zero-order chi connectivity index (χ0) is 13.4. The molecule has 1 saturated heterocycles. The third kappa shape index (κ3) is 2.65. The van der Waals surface area contributed by atoms with E-state index in [-0.39, 0.29) is 18.1 Å². The van der Waals surface area contributed by atoms with Crippen LogP contribution in [0, 0.1) is 17.8 Å². The molecule has 0 radical (unpaired) electrons. The fourth-order valence-corrected chi connectivity index (χ4v) is 4.40. The SMILES string of the molecule is CC(NC(=O)[C@@H]1CC[C@H](CN)O1)C1CC2CCC1C2. The smallest absolute Gasteiger partial charge is 0.249 e. The molecule has 4 unspecified atom stereocenters. The predicted molar refractivity (Wildman–Crippen MR) is 73.5 cm³/mol. The van der Waals surface area contributed by atoms with Crippen molar-refractivity contribution < 1.29 is 9.53 Å². The molecule has 3 rings (SSSR count). The fourth-order valence-electron chi connectivity index (χ4n) is 4.40. The summed E-state index contributed by atoms with van der Waals surface area (Å²) in [6.07, 6.45) is 7.01. The molecule has 1 aliphatic heterocycles. The topological polar surface area (TPSA) is 64.4 Å². The molecule has 3 aliphatic rings. The number of nitrogens with one attached hydrogen (secondary N) is 1. The van der Waals surface area contributed by atoms with Gasteiger partial charge in [0.25, 0.3) is 0 Å². The molecule has 4 nitrogen and oxygen atoms in total. The Bertz CT molecular complexity index is 347. The molecule has 3 fully saturated rings. The Morgan fingerprint density at radius 3 is 2.74 bits per heavy atom. The molecule has 0 aromatic carbocycles. The van der Waals surface area contributed by atoms with Crippen molar-refractivity contribution in [3.8, 4) is 0 Å². The largest absolute Gasteiger partial charge is 0.364 e. The number of hydrogen-bond acceptors (Lipinski definition) is 3. The van der Waals surface area contributed by atoms with Crippen molar-refractivity contribution in [2.24, 2.45) is 23.5 Å². The zero-order valence-electron chi connectivity index (χ0n) is 11.8. The van der Waals surface area contributed by atoms with E-state index in [0.29, 0.717) is 18.5 Å². The standard InChI is InChI=1S/C15H26N2O2/c1-9(13-7-10-2-3-11(13)6-10)17-15(18)14-5-4-12(8-16)19-14/h9-14H,2-8,16H2,1H3,(H,17,18)/t9?,10?,11?,12-,13?,14+/m1/s1. The van der Waals surface area contributed by atoms with Crippen molar-refractivity contribution in [1.29, 1.82) is 0 Å². The van der Waals surface area contributed by atoms with E-state index in [2.05, 4.69) is 12.2 Å². The van der Waals surface area contributed by atoms with E-state index >= 15 is 0 Å². The van der Waals surface area contributed by atoms with Crippen LogP contribution < -0.4 is 11.1 Å². The first-order chi connectivity index (χ1) is 9.17. The van der Waals surface area contributed by atoms with Gasteiger partial charge >= 0.3 is 0 Å². The summed E-state index contributed by atoms with van der Waals surface area (Å²) in [7, 11) is 0. The van der Waals surface area contributed by atoms with E-state index in [0.717, 1.165) is 24.7 Å². The summed E-state index contributed by atoms with van der Waals surface area (Å²) in [6, 6.07) is 0.295. The van der Waals surface area contributed by atoms with Crippen molar-refractivity contribution >= 4 is 5.91 Å². The number of ether oxygens (including phenoxy) is 1. The second-order valence-corrected chi connectivity index (χ2v) is 6.70. The van der Waals surface area contributed by atoms with E-state index in [1.54, 1.807) is 0 Å². The molecule has 1 amide bonds. The van der Waals surface area contributed by atoms with Crippen molar-refractivity contribution in [2.45, 2.75) is 63.7 Å². The van der Waals surface area contributed by atoms with E-state index < -0.39 is 0 Å². The van der Waals surface area contributed by atoms with Gasteiger partial charge in [0.05, 0.1) is 6.10 Å². The highest BCUT2D eigenvalue weighted by Crippen LogP contribution is 2.49. The maximum Gasteiger partial charge on any atom is 0.249 e. The average molecular weight is 266 g/mol. The second kappa shape index (κ2) is 5.41. The molecule has 2 aliphatic carbocycles. The highest BCUT2D eigenvalue weighted by atomic mass is 16.5. The monoisotopic (exact) mass is 266 g/mol. The number of rotatable bonds is 4. The number of carbonyl (C=O) groups is 1. The number of amides is 1. The van der Waals surface area contributed by atoms with Gasteiger partial charge in [-0.05, 0) is 56.8 Å². The number of fused-ring (bicyclic) bond motifs is 2. The van der Waals surface area contributed by atoms with Gasteiger partial charge < -0.3 is 15.8 Å². The van der Waals surface area contributed by atoms with Gasteiger partial charge in [0.2, 0.25) is 5.91 Å². The molecule has 6 atom stereocenters. The molecule has 2 saturated carbocycles. The van der Waals surface area contributed by atoms with Crippen molar-refractivity contribution in [3.63, 3.8) is 0 Å². The predicted octanol–water partition coefficient (Wildman–Crippen LogP) is 1.43. The Labute approximate surface area is 115 Å². The molecule has 108 valence electrons. The molecule has 2 bridgehead atoms. The van der Waals surface area contributed by atoms with Gasteiger partial charge in [0, 0.05) is 12.6 Å². The molecule has 0 spiro atoms. The molecular weight excluding hydrogens is 240 g/mol. The summed E-state index contributed by atoms with van der Waals surface area (Å²) in [5.74, 6) is 2.54. The van der Waals surface area contributed by atoms with Crippen LogP contribution in [0.3, 0.4) is 0 Å². The first-order valence-electron chi connectivity index (χ1n) is 7.83. The lowest BCUT2D eigenvalue weighted by molar-refractivity contribution is -0.133. The Balaban J connectivity index is 1.49. The van der Waals surface area contributed by atoms with Crippen LogP contribution in [-0.4, -0.2) is 30.7 Å². The molecule has 0 aromatic rings. The van der Waals surface area contributed by atoms with E-state index in [9.17, 15) is 4.79 Å². The Morgan fingerprint density at radius 1 is 1.32 bits per heavy atom. The minimum absolute atomic E-state index is 0.0752. The molecule has 19 heavy (non-hydrogen) atoms. The van der Waals surface area contributed by atoms with Crippen molar-refractivity contribution in [1.82, 2.24) is 5.32 Å². The highest BCUT2D eigenvalue weighted by molar-refractivity contribution is 5.81. The van der Waals surface area contributed by atoms with Crippen LogP contribution in [0.5, 0.6) is 0 Å². The van der Waals surface area contributed by atoms with Gasteiger partial charge in [-0.1, -0.05) is 6.42 Å². The van der Waals surface area contributed by atoms with Gasteiger partial charge in [-0.25, -0.2) is 0 Å². The second-order valence-electron chi connectivity index (χ2n) is 6.70. The third-order valence-corrected chi connectivity index (χ3v) is 5.47. The summed E-state index contributed by atoms with van der Waals surface area (Å²) in [6.45, 7) is 2.68. The third-order valence-electron chi connectivity index (χ3n) is 5.47. The molecular formula is C15H26N2O2. The number of carbonyl (C=O) groups excluding carboxylic acids is 1.